The second-order valence-electron chi connectivity index (χ2n) is 4.85. The van der Waals surface area contributed by atoms with E-state index in [9.17, 15) is 0 Å². The Labute approximate surface area is 103 Å². The molecule has 0 radical (unpaired) electrons. The molecule has 2 N–H and O–H groups in total. The second kappa shape index (κ2) is 6.15. The van der Waals surface area contributed by atoms with Crippen molar-refractivity contribution in [2.45, 2.75) is 19.4 Å². The monoisotopic (exact) mass is 234 g/mol. The van der Waals surface area contributed by atoms with Crippen LogP contribution in [-0.4, -0.2) is 42.8 Å². The summed E-state index contributed by atoms with van der Waals surface area (Å²) in [7, 11) is 0. The maximum atomic E-state index is 9.10. The molecule has 3 heteroatoms. The van der Waals surface area contributed by atoms with Crippen LogP contribution in [0.15, 0.2) is 24.3 Å². The molecule has 0 bridgehead atoms. The average Bonchev–Trinajstić information content (AvgIpc) is 2.40. The van der Waals surface area contributed by atoms with Gasteiger partial charge in [0.25, 0.3) is 0 Å². The van der Waals surface area contributed by atoms with Gasteiger partial charge in [-0.3, -0.25) is 4.90 Å². The molecule has 1 heterocycles. The van der Waals surface area contributed by atoms with Crippen molar-refractivity contribution in [1.82, 2.24) is 10.2 Å². The van der Waals surface area contributed by atoms with Crippen molar-refractivity contribution in [3.8, 4) is 0 Å². The van der Waals surface area contributed by atoms with Gasteiger partial charge in [0, 0.05) is 45.2 Å². The number of piperazine rings is 1. The van der Waals surface area contributed by atoms with E-state index in [1.54, 1.807) is 0 Å². The fourth-order valence-corrected chi connectivity index (χ4v) is 2.18. The molecule has 0 aromatic heterocycles. The molecule has 0 saturated carbocycles. The zero-order chi connectivity index (χ0) is 12.1. The number of rotatable bonds is 4. The number of hydrogen-bond donors (Lipinski definition) is 2. The van der Waals surface area contributed by atoms with Crippen molar-refractivity contribution in [3.05, 3.63) is 35.4 Å². The molecule has 0 amide bonds. The summed E-state index contributed by atoms with van der Waals surface area (Å²) in [6, 6.07) is 8.64. The predicted molar refractivity (Wildman–Crippen MR) is 70.1 cm³/mol. The van der Waals surface area contributed by atoms with E-state index in [1.165, 1.54) is 11.1 Å². The minimum atomic E-state index is 0.219. The van der Waals surface area contributed by atoms with Crippen molar-refractivity contribution in [1.29, 1.82) is 0 Å². The van der Waals surface area contributed by atoms with Crippen LogP contribution in [0.3, 0.4) is 0 Å². The number of aliphatic hydroxyl groups excluding tert-OH is 1. The van der Waals surface area contributed by atoms with Gasteiger partial charge in [0.1, 0.15) is 0 Å². The van der Waals surface area contributed by atoms with Crippen molar-refractivity contribution in [2.75, 3.05) is 32.8 Å². The largest absolute Gasteiger partial charge is 0.396 e. The predicted octanol–water partition coefficient (Wildman–Crippen LogP) is 1.19. The molecule has 94 valence electrons. The Morgan fingerprint density at radius 1 is 1.24 bits per heavy atom. The Morgan fingerprint density at radius 2 is 1.88 bits per heavy atom. The minimum Gasteiger partial charge on any atom is -0.396 e. The fraction of sp³-hybridized carbons (Fsp3) is 0.571. The molecular weight excluding hydrogens is 212 g/mol. The maximum absolute atomic E-state index is 9.10. The summed E-state index contributed by atoms with van der Waals surface area (Å²) in [5, 5.41) is 12.5. The molecule has 1 aromatic rings. The Kier molecular flexibility index (Phi) is 4.54. The van der Waals surface area contributed by atoms with Gasteiger partial charge in [-0.1, -0.05) is 31.2 Å². The summed E-state index contributed by atoms with van der Waals surface area (Å²) in [5.41, 5.74) is 2.58. The highest BCUT2D eigenvalue weighted by Crippen LogP contribution is 2.16. The van der Waals surface area contributed by atoms with Gasteiger partial charge in [-0.15, -0.1) is 0 Å². The topological polar surface area (TPSA) is 35.5 Å². The summed E-state index contributed by atoms with van der Waals surface area (Å²) in [6.07, 6.45) is 0. The standard InChI is InChI=1S/C14H22N2O/c1-12(11-17)14-4-2-13(3-5-14)10-16-8-6-15-7-9-16/h2-5,12,15,17H,6-11H2,1H3. The van der Waals surface area contributed by atoms with Crippen LogP contribution in [0.5, 0.6) is 0 Å². The first-order chi connectivity index (χ1) is 8.29. The molecule has 3 nitrogen and oxygen atoms in total. The second-order valence-corrected chi connectivity index (χ2v) is 4.85. The quantitative estimate of drug-likeness (QED) is 0.821. The van der Waals surface area contributed by atoms with Gasteiger partial charge in [-0.25, -0.2) is 0 Å². The molecule has 1 atom stereocenters. The van der Waals surface area contributed by atoms with Crippen LogP contribution in [-0.2, 0) is 6.54 Å². The normalized spacial score (nSPS) is 19.2. The number of nitrogens with zero attached hydrogens (tertiary/aromatic N) is 1. The molecule has 1 fully saturated rings. The first-order valence-corrected chi connectivity index (χ1v) is 6.42. The van der Waals surface area contributed by atoms with Crippen LogP contribution in [0, 0.1) is 0 Å². The highest BCUT2D eigenvalue weighted by atomic mass is 16.3. The first kappa shape index (κ1) is 12.6. The molecule has 1 aliphatic rings. The lowest BCUT2D eigenvalue weighted by molar-refractivity contribution is 0.233. The van der Waals surface area contributed by atoms with E-state index < -0.39 is 0 Å². The lowest BCUT2D eigenvalue weighted by Crippen LogP contribution is -2.42. The molecule has 1 unspecified atom stereocenters. The highest BCUT2D eigenvalue weighted by Gasteiger charge is 2.10. The van der Waals surface area contributed by atoms with E-state index in [0.29, 0.717) is 0 Å². The Hall–Kier alpha value is -0.900. The van der Waals surface area contributed by atoms with Crippen LogP contribution in [0.4, 0.5) is 0 Å². The number of nitrogens with one attached hydrogen (secondary N) is 1. The van der Waals surface area contributed by atoms with E-state index in [1.807, 2.05) is 6.92 Å². The number of benzene rings is 1. The summed E-state index contributed by atoms with van der Waals surface area (Å²) >= 11 is 0. The highest BCUT2D eigenvalue weighted by molar-refractivity contribution is 5.25. The third-order valence-electron chi connectivity index (χ3n) is 3.44. The lowest BCUT2D eigenvalue weighted by Gasteiger charge is -2.27. The molecule has 0 aliphatic carbocycles. The van der Waals surface area contributed by atoms with E-state index in [2.05, 4.69) is 34.5 Å². The summed E-state index contributed by atoms with van der Waals surface area (Å²) < 4.78 is 0. The SMILES string of the molecule is CC(CO)c1ccc(CN2CCNCC2)cc1. The molecule has 1 aromatic carbocycles. The molecule has 1 aliphatic heterocycles. The van der Waals surface area contributed by atoms with E-state index in [0.717, 1.165) is 32.7 Å². The third kappa shape index (κ3) is 3.53. The minimum absolute atomic E-state index is 0.219. The van der Waals surface area contributed by atoms with Crippen molar-refractivity contribution >= 4 is 0 Å². The van der Waals surface area contributed by atoms with Gasteiger partial charge < -0.3 is 10.4 Å². The van der Waals surface area contributed by atoms with Gasteiger partial charge >= 0.3 is 0 Å². The summed E-state index contributed by atoms with van der Waals surface area (Å²) in [6.45, 7) is 7.76. The lowest BCUT2D eigenvalue weighted by atomic mass is 10.0. The van der Waals surface area contributed by atoms with E-state index in [-0.39, 0.29) is 12.5 Å². The fourth-order valence-electron chi connectivity index (χ4n) is 2.18. The zero-order valence-electron chi connectivity index (χ0n) is 10.5. The molecule has 2 rings (SSSR count). The molecule has 17 heavy (non-hydrogen) atoms. The molecular formula is C14H22N2O. The Morgan fingerprint density at radius 3 is 2.47 bits per heavy atom. The van der Waals surface area contributed by atoms with Crippen LogP contribution in [0.1, 0.15) is 24.0 Å². The van der Waals surface area contributed by atoms with Gasteiger partial charge in [-0.05, 0) is 11.1 Å². The van der Waals surface area contributed by atoms with Crippen molar-refractivity contribution in [3.63, 3.8) is 0 Å². The van der Waals surface area contributed by atoms with Gasteiger partial charge in [0.2, 0.25) is 0 Å². The van der Waals surface area contributed by atoms with Gasteiger partial charge in [0.05, 0.1) is 0 Å². The number of hydrogen-bond acceptors (Lipinski definition) is 3. The van der Waals surface area contributed by atoms with Crippen LogP contribution in [0.25, 0.3) is 0 Å². The van der Waals surface area contributed by atoms with Gasteiger partial charge in [0.15, 0.2) is 0 Å². The van der Waals surface area contributed by atoms with E-state index >= 15 is 0 Å². The smallest absolute Gasteiger partial charge is 0.0497 e. The van der Waals surface area contributed by atoms with Crippen LogP contribution in [0.2, 0.25) is 0 Å². The first-order valence-electron chi connectivity index (χ1n) is 6.42. The van der Waals surface area contributed by atoms with Gasteiger partial charge in [-0.2, -0.15) is 0 Å². The van der Waals surface area contributed by atoms with E-state index in [4.69, 9.17) is 5.11 Å². The maximum Gasteiger partial charge on any atom is 0.0497 e. The Bertz CT molecular complexity index is 331. The average molecular weight is 234 g/mol. The summed E-state index contributed by atoms with van der Waals surface area (Å²) in [4.78, 5) is 2.47. The van der Waals surface area contributed by atoms with Crippen molar-refractivity contribution < 1.29 is 5.11 Å². The molecule has 0 spiro atoms. The zero-order valence-corrected chi connectivity index (χ0v) is 10.5. The molecule has 1 saturated heterocycles. The van der Waals surface area contributed by atoms with Crippen LogP contribution >= 0.6 is 0 Å². The van der Waals surface area contributed by atoms with Crippen LogP contribution < -0.4 is 5.32 Å². The van der Waals surface area contributed by atoms with Crippen molar-refractivity contribution in [2.24, 2.45) is 0 Å². The number of aliphatic hydroxyl groups is 1. The Balaban J connectivity index is 1.93. The third-order valence-corrected chi connectivity index (χ3v) is 3.44. The summed E-state index contributed by atoms with van der Waals surface area (Å²) in [5.74, 6) is 0.239.